The maximum absolute atomic E-state index is 10.4. The van der Waals surface area contributed by atoms with Gasteiger partial charge in [0.05, 0.1) is 0 Å². The molecule has 0 N–H and O–H groups in total. The van der Waals surface area contributed by atoms with E-state index in [2.05, 4.69) is 20.6 Å². The molecule has 0 unspecified atom stereocenters. The van der Waals surface area contributed by atoms with Crippen molar-refractivity contribution in [1.82, 2.24) is 9.97 Å². The summed E-state index contributed by atoms with van der Waals surface area (Å²) in [4.78, 5) is 7.24. The minimum absolute atomic E-state index is 0. The van der Waals surface area contributed by atoms with Crippen molar-refractivity contribution in [3.63, 3.8) is 0 Å². The van der Waals surface area contributed by atoms with Gasteiger partial charge in [-0.1, -0.05) is 24.3 Å². The Morgan fingerprint density at radius 2 is 0.957 bits per heavy atom. The first-order valence-corrected chi connectivity index (χ1v) is 6.58. The van der Waals surface area contributed by atoms with Gasteiger partial charge in [0.25, 0.3) is 0 Å². The molecule has 0 atom stereocenters. The van der Waals surface area contributed by atoms with Crippen LogP contribution in [-0.4, -0.2) is 38.2 Å². The molecule has 7 heteroatoms. The van der Waals surface area contributed by atoms with E-state index in [-0.39, 0.29) is 33.5 Å². The molecule has 0 bridgehead atoms. The minimum Gasteiger partial charge on any atom is -0.859 e. The van der Waals surface area contributed by atoms with Crippen LogP contribution in [0.4, 0.5) is 0 Å². The van der Waals surface area contributed by atoms with E-state index in [1.165, 1.54) is 12.1 Å². The summed E-state index contributed by atoms with van der Waals surface area (Å²) in [5, 5.41) is 27.8. The fourth-order valence-electron chi connectivity index (χ4n) is 1.04. The van der Waals surface area contributed by atoms with Gasteiger partial charge in [0.15, 0.2) is 0 Å². The van der Waals surface area contributed by atoms with E-state index in [0.717, 1.165) is 11.4 Å². The van der Waals surface area contributed by atoms with Crippen molar-refractivity contribution in [2.45, 2.75) is 13.8 Å². The number of hydrogen-bond acceptors (Lipinski definition) is 4. The van der Waals surface area contributed by atoms with Gasteiger partial charge in [-0.15, -0.1) is 0 Å². The molecule has 0 spiro atoms. The van der Waals surface area contributed by atoms with Gasteiger partial charge in [-0.3, -0.25) is 9.97 Å². The summed E-state index contributed by atoms with van der Waals surface area (Å²) in [5.41, 5.74) is 1.55. The van der Waals surface area contributed by atoms with Crippen LogP contribution in [0.3, 0.4) is 0 Å². The molecule has 0 aliphatic carbocycles. The second-order valence-electron chi connectivity index (χ2n) is 4.13. The van der Waals surface area contributed by atoms with Crippen molar-refractivity contribution in [2.24, 2.45) is 0 Å². The van der Waals surface area contributed by atoms with Gasteiger partial charge < -0.3 is 20.8 Å². The van der Waals surface area contributed by atoms with Crippen molar-refractivity contribution >= 4 is 0 Å². The van der Waals surface area contributed by atoms with Crippen LogP contribution in [0.2, 0.25) is 0 Å². The number of pyridine rings is 2. The molecule has 0 aromatic carbocycles. The van der Waals surface area contributed by atoms with E-state index in [1.807, 2.05) is 0 Å². The first kappa shape index (κ1) is 26.4. The van der Waals surface area contributed by atoms with Crippen LogP contribution < -0.4 is 10.2 Å². The van der Waals surface area contributed by atoms with Crippen molar-refractivity contribution < 1.29 is 31.9 Å². The smallest absolute Gasteiger partial charge is 0.859 e. The van der Waals surface area contributed by atoms with Crippen LogP contribution in [0.15, 0.2) is 36.4 Å². The zero-order valence-corrected chi connectivity index (χ0v) is 16.1. The molecule has 0 aliphatic heterocycles. The molecule has 2 aromatic heterocycles. The number of aromatic nitrogens is 2. The van der Waals surface area contributed by atoms with E-state index in [4.69, 9.17) is 0 Å². The Morgan fingerprint density at radius 3 is 1.09 bits per heavy atom. The summed E-state index contributed by atoms with van der Waals surface area (Å²) >= 11 is 0. The van der Waals surface area contributed by atoms with Crippen molar-refractivity contribution in [3.8, 4) is 11.8 Å². The quantitative estimate of drug-likeness (QED) is 0.678. The van der Waals surface area contributed by atoms with E-state index < -0.39 is 0 Å². The predicted octanol–water partition coefficient (Wildman–Crippen LogP) is 2.16. The Kier molecular flexibility index (Phi) is 21.4. The van der Waals surface area contributed by atoms with Gasteiger partial charge in [-0.2, -0.15) is 28.2 Å². The number of hydrogen-bond donors (Lipinski definition) is 0. The standard InChI is InChI=1S/2C6H7NO.2C2H6N.Ti/c2*1-5-3-2-4-6(8)7-5;2*1-3-2;/h2*2-4H,1H3,(H,7,8);2*1-2H3;/q;;2*-1;+4/p-2. The molecule has 124 valence electrons. The molecule has 6 nitrogen and oxygen atoms in total. The number of aryl methyl sites for hydroxylation is 2. The average Bonchev–Trinajstić information content (AvgIpc) is 2.40. The molecule has 0 fully saturated rings. The summed E-state index contributed by atoms with van der Waals surface area (Å²) in [6.45, 7) is 3.59. The van der Waals surface area contributed by atoms with Crippen molar-refractivity contribution in [2.75, 3.05) is 28.2 Å². The zero-order chi connectivity index (χ0) is 17.4. The third-order valence-corrected chi connectivity index (χ3v) is 1.73. The summed E-state index contributed by atoms with van der Waals surface area (Å²) in [5.74, 6) is -0.324. The molecule has 0 saturated carbocycles. The largest absolute Gasteiger partial charge is 4.00 e. The Labute approximate surface area is 154 Å². The van der Waals surface area contributed by atoms with Gasteiger partial charge in [0.2, 0.25) is 0 Å². The van der Waals surface area contributed by atoms with Crippen LogP contribution in [0.1, 0.15) is 11.4 Å². The molecule has 0 aliphatic rings. The summed E-state index contributed by atoms with van der Waals surface area (Å²) < 4.78 is 0. The van der Waals surface area contributed by atoms with Crippen molar-refractivity contribution in [1.29, 1.82) is 0 Å². The molecule has 23 heavy (non-hydrogen) atoms. The Morgan fingerprint density at radius 1 is 0.696 bits per heavy atom. The van der Waals surface area contributed by atoms with Crippen LogP contribution >= 0.6 is 0 Å². The van der Waals surface area contributed by atoms with Crippen LogP contribution in [0, 0.1) is 13.8 Å². The first-order valence-electron chi connectivity index (χ1n) is 6.58. The monoisotopic (exact) mass is 352 g/mol. The summed E-state index contributed by atoms with van der Waals surface area (Å²) in [6, 6.07) is 9.86. The third-order valence-electron chi connectivity index (χ3n) is 1.73. The van der Waals surface area contributed by atoms with Crippen molar-refractivity contribution in [3.05, 3.63) is 58.4 Å². The Hall–Kier alpha value is -1.47. The molecular weight excluding hydrogens is 328 g/mol. The molecule has 0 amide bonds. The van der Waals surface area contributed by atoms with Gasteiger partial charge >= 0.3 is 21.7 Å². The minimum atomic E-state index is -0.162. The Balaban J connectivity index is -0.000000253. The summed E-state index contributed by atoms with van der Waals surface area (Å²) in [7, 11) is 7.00. The summed E-state index contributed by atoms with van der Waals surface area (Å²) in [6.07, 6.45) is 0. The maximum Gasteiger partial charge on any atom is 4.00 e. The van der Waals surface area contributed by atoms with Crippen LogP contribution in [0.25, 0.3) is 10.6 Å². The molecule has 2 aromatic rings. The molecule has 0 saturated heterocycles. The first-order chi connectivity index (χ1) is 10.4. The predicted molar refractivity (Wildman–Crippen MR) is 87.3 cm³/mol. The number of nitrogens with zero attached hydrogens (tertiary/aromatic N) is 4. The second-order valence-corrected chi connectivity index (χ2v) is 4.13. The van der Waals surface area contributed by atoms with E-state index in [9.17, 15) is 10.2 Å². The average molecular weight is 352 g/mol. The third kappa shape index (κ3) is 20.5. The van der Waals surface area contributed by atoms with Gasteiger partial charge in [0.1, 0.15) is 0 Å². The zero-order valence-electron chi connectivity index (χ0n) is 14.6. The van der Waals surface area contributed by atoms with Gasteiger partial charge in [-0.05, 0) is 37.7 Å². The molecular formula is C16H24N4O2Ti. The Bertz CT molecular complexity index is 419. The van der Waals surface area contributed by atoms with Crippen LogP contribution in [-0.2, 0) is 21.7 Å². The van der Waals surface area contributed by atoms with Gasteiger partial charge in [0, 0.05) is 11.4 Å². The maximum atomic E-state index is 10.4. The molecule has 2 heterocycles. The fraction of sp³-hybridized carbons (Fsp3) is 0.375. The van der Waals surface area contributed by atoms with E-state index >= 15 is 0 Å². The fourth-order valence-corrected chi connectivity index (χ4v) is 1.04. The SMILES string of the molecule is C[N-]C.C[N-]C.Cc1cccc([O-])n1.Cc1cccc([O-])n1.[Ti+4]. The van der Waals surface area contributed by atoms with E-state index in [0.29, 0.717) is 0 Å². The normalized spacial score (nSPS) is 7.91. The van der Waals surface area contributed by atoms with E-state index in [1.54, 1.807) is 66.3 Å². The van der Waals surface area contributed by atoms with Crippen LogP contribution in [0.5, 0.6) is 11.8 Å². The molecule has 2 rings (SSSR count). The second kappa shape index (κ2) is 18.6. The molecule has 0 radical (unpaired) electrons. The number of rotatable bonds is 0. The van der Waals surface area contributed by atoms with Gasteiger partial charge in [-0.25, -0.2) is 0 Å². The topological polar surface area (TPSA) is 100 Å².